The number of anilines is 1. The van der Waals surface area contributed by atoms with E-state index in [1.54, 1.807) is 47.4 Å². The highest BCUT2D eigenvalue weighted by Crippen LogP contribution is 2.36. The summed E-state index contributed by atoms with van der Waals surface area (Å²) < 4.78 is 34.8. The first kappa shape index (κ1) is 29.8. The van der Waals surface area contributed by atoms with E-state index >= 15 is 4.39 Å². The van der Waals surface area contributed by atoms with Gasteiger partial charge in [-0.3, -0.25) is 9.69 Å². The summed E-state index contributed by atoms with van der Waals surface area (Å²) in [6.45, 7) is 7.29. The predicted molar refractivity (Wildman–Crippen MR) is 163 cm³/mol. The summed E-state index contributed by atoms with van der Waals surface area (Å²) in [6, 6.07) is 8.11. The Morgan fingerprint density at radius 3 is 2.71 bits per heavy atom. The number of ether oxygens (including phenoxy) is 1. The van der Waals surface area contributed by atoms with Crippen molar-refractivity contribution in [1.29, 1.82) is 0 Å². The van der Waals surface area contributed by atoms with Gasteiger partial charge in [-0.2, -0.15) is 4.39 Å². The molecule has 2 aromatic rings. The second-order valence-corrected chi connectivity index (χ2v) is 11.0. The van der Waals surface area contributed by atoms with E-state index in [1.807, 2.05) is 19.1 Å². The van der Waals surface area contributed by atoms with Crippen LogP contribution in [0.1, 0.15) is 29.3 Å². The minimum Gasteiger partial charge on any atom is -0.494 e. The second-order valence-electron chi connectivity index (χ2n) is 10.6. The number of allylic oxidation sites excluding steroid dienone is 2. The molecule has 5 rings (SSSR count). The predicted octanol–water partition coefficient (Wildman–Crippen LogP) is 5.17. The van der Waals surface area contributed by atoms with Crippen LogP contribution in [0.25, 0.3) is 5.70 Å². The minimum atomic E-state index is -1.04. The fraction of sp³-hybridized carbons (Fsp3) is 0.355. The Hall–Kier alpha value is -3.73. The molecule has 11 heteroatoms. The summed E-state index contributed by atoms with van der Waals surface area (Å²) in [5, 5.41) is 6.95. The van der Waals surface area contributed by atoms with Crippen LogP contribution in [0.2, 0.25) is 5.02 Å². The Labute approximate surface area is 250 Å². The zero-order valence-electron chi connectivity index (χ0n) is 24.0. The molecule has 2 N–H and O–H groups in total. The topological polar surface area (TPSA) is 72.4 Å². The smallest absolute Gasteiger partial charge is 0.255 e. The normalized spacial score (nSPS) is 18.9. The van der Waals surface area contributed by atoms with Gasteiger partial charge in [-0.1, -0.05) is 30.7 Å². The Balaban J connectivity index is 1.32. The molecule has 1 amide bonds. The van der Waals surface area contributed by atoms with E-state index in [2.05, 4.69) is 20.5 Å². The molecule has 0 aliphatic carbocycles. The summed E-state index contributed by atoms with van der Waals surface area (Å²) in [5.41, 5.74) is 2.36. The highest BCUT2D eigenvalue weighted by Gasteiger charge is 2.28. The highest BCUT2D eigenvalue weighted by atomic mass is 35.5. The summed E-state index contributed by atoms with van der Waals surface area (Å²) in [6.07, 6.45) is 7.89. The van der Waals surface area contributed by atoms with Crippen LogP contribution in [0.15, 0.2) is 65.6 Å². The van der Waals surface area contributed by atoms with Crippen molar-refractivity contribution in [2.45, 2.75) is 13.3 Å². The number of nitrogens with one attached hydrogen (secondary N) is 2. The quantitative estimate of drug-likeness (QED) is 0.460. The molecule has 0 bridgehead atoms. The number of likely N-dealkylation sites (N-methyl/N-ethyl adjacent to an activating group) is 1. The second kappa shape index (κ2) is 13.1. The molecule has 0 aromatic heterocycles. The van der Waals surface area contributed by atoms with Crippen LogP contribution >= 0.6 is 11.6 Å². The van der Waals surface area contributed by atoms with Crippen molar-refractivity contribution in [2.24, 2.45) is 10.9 Å². The van der Waals surface area contributed by atoms with Gasteiger partial charge in [-0.25, -0.2) is 9.38 Å². The standard InChI is InChI=1S/C31H35ClF2N6O2/c1-20-4-8-25-30(36-12-15-40(25)26(18-20)23-7-9-27(42-3)29(34)28(23)33)37-21-5-6-22(24(32)19-21)31(41)38(2)16-17-39-13-10-35-11-14-39/h5-9,12,15,18-20,35H,4,10-11,13-14,16-17H2,1-3H3,(H,36,37). The van der Waals surface area contributed by atoms with Crippen LogP contribution in [0.5, 0.6) is 5.75 Å². The third-order valence-corrected chi connectivity index (χ3v) is 7.93. The van der Waals surface area contributed by atoms with E-state index < -0.39 is 11.6 Å². The maximum Gasteiger partial charge on any atom is 0.255 e. The molecule has 8 nitrogen and oxygen atoms in total. The Bertz CT molecular complexity index is 1470. The maximum absolute atomic E-state index is 15.2. The summed E-state index contributed by atoms with van der Waals surface area (Å²) in [4.78, 5) is 23.5. The fourth-order valence-corrected chi connectivity index (χ4v) is 5.46. The molecule has 1 saturated heterocycles. The van der Waals surface area contributed by atoms with E-state index in [4.69, 9.17) is 16.3 Å². The number of nitrogens with zero attached hydrogens (tertiary/aromatic N) is 4. The molecule has 0 radical (unpaired) electrons. The molecule has 1 unspecified atom stereocenters. The Morgan fingerprint density at radius 2 is 1.98 bits per heavy atom. The number of methoxy groups -OCH3 is 1. The molecule has 1 atom stereocenters. The first-order chi connectivity index (χ1) is 20.3. The fourth-order valence-electron chi connectivity index (χ4n) is 5.19. The Kier molecular flexibility index (Phi) is 9.25. The van der Waals surface area contributed by atoms with E-state index in [0.29, 0.717) is 46.5 Å². The molecular formula is C31H35ClF2N6O2. The number of fused-ring (bicyclic) bond motifs is 1. The van der Waals surface area contributed by atoms with Crippen molar-refractivity contribution >= 4 is 34.7 Å². The molecule has 222 valence electrons. The van der Waals surface area contributed by atoms with Crippen molar-refractivity contribution in [3.63, 3.8) is 0 Å². The van der Waals surface area contributed by atoms with Crippen LogP contribution < -0.4 is 15.4 Å². The van der Waals surface area contributed by atoms with Crippen molar-refractivity contribution in [3.8, 4) is 5.75 Å². The molecule has 0 saturated carbocycles. The van der Waals surface area contributed by atoms with Gasteiger partial charge in [0.05, 0.1) is 29.1 Å². The van der Waals surface area contributed by atoms with Gasteiger partial charge >= 0.3 is 0 Å². The molecule has 0 spiro atoms. The summed E-state index contributed by atoms with van der Waals surface area (Å²) in [7, 11) is 3.08. The van der Waals surface area contributed by atoms with Gasteiger partial charge in [0.25, 0.3) is 5.91 Å². The van der Waals surface area contributed by atoms with Gasteiger partial charge in [-0.05, 0) is 42.7 Å². The van der Waals surface area contributed by atoms with Crippen molar-refractivity contribution in [3.05, 3.63) is 88.4 Å². The number of hydrogen-bond donors (Lipinski definition) is 2. The molecule has 1 fully saturated rings. The Morgan fingerprint density at radius 1 is 1.19 bits per heavy atom. The molecule has 3 aliphatic heterocycles. The number of amides is 1. The molecule has 2 aromatic carbocycles. The minimum absolute atomic E-state index is 0.0561. The van der Waals surface area contributed by atoms with Crippen molar-refractivity contribution in [2.75, 3.05) is 58.7 Å². The molecule has 3 heterocycles. The number of benzene rings is 2. The van der Waals surface area contributed by atoms with Gasteiger partial charge in [0.2, 0.25) is 5.82 Å². The van der Waals surface area contributed by atoms with Gasteiger partial charge < -0.3 is 25.2 Å². The zero-order valence-corrected chi connectivity index (χ0v) is 24.7. The third-order valence-electron chi connectivity index (χ3n) is 7.62. The lowest BCUT2D eigenvalue weighted by Gasteiger charge is -2.30. The van der Waals surface area contributed by atoms with Gasteiger partial charge in [0.1, 0.15) is 0 Å². The number of amidine groups is 1. The van der Waals surface area contributed by atoms with E-state index in [9.17, 15) is 9.18 Å². The largest absolute Gasteiger partial charge is 0.494 e. The van der Waals surface area contributed by atoms with Crippen LogP contribution in [0, 0.1) is 17.6 Å². The summed E-state index contributed by atoms with van der Waals surface area (Å²) >= 11 is 6.60. The van der Waals surface area contributed by atoms with Crippen LogP contribution in [-0.2, 0) is 0 Å². The molecule has 42 heavy (non-hydrogen) atoms. The number of piperazine rings is 1. The van der Waals surface area contributed by atoms with E-state index in [-0.39, 0.29) is 23.1 Å². The van der Waals surface area contributed by atoms with Crippen LogP contribution in [-0.4, -0.2) is 79.9 Å². The maximum atomic E-state index is 15.2. The number of carbonyl (C=O) groups excluding carboxylic acids is 1. The first-order valence-electron chi connectivity index (χ1n) is 14.0. The van der Waals surface area contributed by atoms with Crippen molar-refractivity contribution < 1.29 is 18.3 Å². The molecule has 3 aliphatic rings. The lowest BCUT2D eigenvalue weighted by Crippen LogP contribution is -2.46. The van der Waals surface area contributed by atoms with Crippen LogP contribution in [0.3, 0.4) is 0 Å². The van der Waals surface area contributed by atoms with Crippen LogP contribution in [0.4, 0.5) is 14.5 Å². The first-order valence-corrected chi connectivity index (χ1v) is 14.4. The highest BCUT2D eigenvalue weighted by molar-refractivity contribution is 6.34. The number of hydrogen-bond acceptors (Lipinski definition) is 7. The van der Waals surface area contributed by atoms with Gasteiger partial charge in [0.15, 0.2) is 17.4 Å². The number of aliphatic imine (C=N–C) groups is 1. The average molecular weight is 597 g/mol. The zero-order chi connectivity index (χ0) is 29.8. The number of rotatable bonds is 7. The number of carbonyl (C=O) groups is 1. The SMILES string of the molecule is COc1ccc(C2=CC(C)CC=C3C(Nc4ccc(C(=O)N(C)CCN5CCNCC5)c(Cl)c4)=NC=CN32)c(F)c1F. The lowest BCUT2D eigenvalue weighted by atomic mass is 10.0. The van der Waals surface area contributed by atoms with Crippen molar-refractivity contribution in [1.82, 2.24) is 20.0 Å². The van der Waals surface area contributed by atoms with E-state index in [0.717, 1.165) is 32.7 Å². The molecular weight excluding hydrogens is 562 g/mol. The van der Waals surface area contributed by atoms with Gasteiger partial charge in [0, 0.05) is 70.0 Å². The monoisotopic (exact) mass is 596 g/mol. The number of halogens is 3. The van der Waals surface area contributed by atoms with Gasteiger partial charge in [-0.15, -0.1) is 0 Å². The summed E-state index contributed by atoms with van der Waals surface area (Å²) in [5.74, 6) is -1.75. The lowest BCUT2D eigenvalue weighted by molar-refractivity contribution is 0.0775. The van der Waals surface area contributed by atoms with E-state index in [1.165, 1.54) is 19.2 Å². The average Bonchev–Trinajstić information content (AvgIpc) is 3.16. The third kappa shape index (κ3) is 6.35.